The number of hydrogen-bond acceptors (Lipinski definition) is 0. The van der Waals surface area contributed by atoms with Gasteiger partial charge in [-0.1, -0.05) is 46.6 Å². The molecule has 0 saturated heterocycles. The van der Waals surface area contributed by atoms with Crippen LogP contribution >= 0.6 is 16.5 Å². The van der Waals surface area contributed by atoms with E-state index in [9.17, 15) is 0 Å². The molecule has 1 atom stereocenters. The Morgan fingerprint density at radius 1 is 0.654 bits per heavy atom. The van der Waals surface area contributed by atoms with Gasteiger partial charge in [0.05, 0.1) is 0 Å². The average molecular weight is 395 g/mol. The predicted octanol–water partition coefficient (Wildman–Crippen LogP) is 8.90. The highest BCUT2D eigenvalue weighted by molar-refractivity contribution is 7.66. The van der Waals surface area contributed by atoms with Crippen molar-refractivity contribution in [3.05, 3.63) is 46.6 Å². The Bertz CT molecular complexity index is 474. The van der Waals surface area contributed by atoms with Crippen molar-refractivity contribution in [1.82, 2.24) is 0 Å². The topological polar surface area (TPSA) is 0 Å². The third-order valence-electron chi connectivity index (χ3n) is 4.40. The summed E-state index contributed by atoms with van der Waals surface area (Å²) >= 11 is 0. The molecule has 1 unspecified atom stereocenters. The quantitative estimate of drug-likeness (QED) is 0.157. The molecule has 0 spiro atoms. The molecule has 0 N–H and O–H groups in total. The summed E-state index contributed by atoms with van der Waals surface area (Å²) in [5, 5.41) is 0. The summed E-state index contributed by atoms with van der Waals surface area (Å²) in [7, 11) is 1.48. The third-order valence-corrected chi connectivity index (χ3v) is 8.46. The molecule has 0 bridgehead atoms. The van der Waals surface area contributed by atoms with Crippen LogP contribution in [0.5, 0.6) is 0 Å². The SMILES string of the molecule is CC(C)=CCC/C(C)=C/CC/C(C)=C/CC/C(C)=C/CCPCP(C)C. The van der Waals surface area contributed by atoms with E-state index in [1.807, 2.05) is 0 Å². The van der Waals surface area contributed by atoms with Gasteiger partial charge < -0.3 is 0 Å². The van der Waals surface area contributed by atoms with Gasteiger partial charge in [-0.3, -0.25) is 0 Å². The fourth-order valence-electron chi connectivity index (χ4n) is 2.71. The molecule has 0 fully saturated rings. The zero-order chi connectivity index (χ0) is 19.8. The molecule has 2 heteroatoms. The van der Waals surface area contributed by atoms with E-state index in [0.29, 0.717) is 7.92 Å². The Labute approximate surface area is 168 Å². The van der Waals surface area contributed by atoms with Gasteiger partial charge in [0.1, 0.15) is 0 Å². The first-order valence-corrected chi connectivity index (χ1v) is 14.1. The lowest BCUT2D eigenvalue weighted by Crippen LogP contribution is -1.83. The maximum Gasteiger partial charge on any atom is -0.0153 e. The van der Waals surface area contributed by atoms with Crippen LogP contribution in [0.1, 0.15) is 79.6 Å². The monoisotopic (exact) mass is 394 g/mol. The van der Waals surface area contributed by atoms with Crippen molar-refractivity contribution in [2.45, 2.75) is 79.6 Å². The molecule has 0 rings (SSSR count). The first kappa shape index (κ1) is 25.8. The van der Waals surface area contributed by atoms with Crippen LogP contribution in [0.15, 0.2) is 46.6 Å². The maximum absolute atomic E-state index is 2.47. The zero-order valence-electron chi connectivity index (χ0n) is 18.6. The maximum atomic E-state index is 2.47. The molecule has 0 aliphatic carbocycles. The Balaban J connectivity index is 3.90. The van der Waals surface area contributed by atoms with Gasteiger partial charge in [-0.2, -0.15) is 0 Å². The highest BCUT2D eigenvalue weighted by Crippen LogP contribution is 2.33. The number of allylic oxidation sites excluding steroid dienone is 8. The van der Waals surface area contributed by atoms with E-state index < -0.39 is 0 Å². The minimum Gasteiger partial charge on any atom is -0.117 e. The number of rotatable bonds is 14. The van der Waals surface area contributed by atoms with Gasteiger partial charge >= 0.3 is 0 Å². The minimum absolute atomic E-state index is 0.312. The molecule has 26 heavy (non-hydrogen) atoms. The average Bonchev–Trinajstić information content (AvgIpc) is 2.53. The summed E-state index contributed by atoms with van der Waals surface area (Å²) in [4.78, 5) is 0. The predicted molar refractivity (Wildman–Crippen MR) is 130 cm³/mol. The van der Waals surface area contributed by atoms with Crippen molar-refractivity contribution in [2.75, 3.05) is 25.4 Å². The molecule has 0 aliphatic heterocycles. The lowest BCUT2D eigenvalue weighted by atomic mass is 10.0. The molecule has 150 valence electrons. The highest BCUT2D eigenvalue weighted by atomic mass is 31.2. The van der Waals surface area contributed by atoms with Crippen molar-refractivity contribution in [3.8, 4) is 0 Å². The van der Waals surface area contributed by atoms with Crippen LogP contribution in [0.3, 0.4) is 0 Å². The van der Waals surface area contributed by atoms with E-state index >= 15 is 0 Å². The summed E-state index contributed by atoms with van der Waals surface area (Å²) in [6.07, 6.45) is 19.6. The van der Waals surface area contributed by atoms with Crippen molar-refractivity contribution in [3.63, 3.8) is 0 Å². The largest absolute Gasteiger partial charge is 0.117 e. The van der Waals surface area contributed by atoms with Gasteiger partial charge in [-0.15, -0.1) is 16.5 Å². The van der Waals surface area contributed by atoms with Gasteiger partial charge in [0.2, 0.25) is 0 Å². The van der Waals surface area contributed by atoms with E-state index in [1.54, 1.807) is 11.1 Å². The van der Waals surface area contributed by atoms with Crippen molar-refractivity contribution in [1.29, 1.82) is 0 Å². The van der Waals surface area contributed by atoms with Crippen molar-refractivity contribution < 1.29 is 0 Å². The first-order chi connectivity index (χ1) is 12.3. The van der Waals surface area contributed by atoms with Crippen molar-refractivity contribution >= 4 is 16.5 Å². The second-order valence-corrected chi connectivity index (χ2v) is 12.5. The molecule has 0 amide bonds. The molecule has 0 aromatic carbocycles. The second-order valence-electron chi connectivity index (χ2n) is 8.08. The third kappa shape index (κ3) is 18.6. The Hall–Kier alpha value is -0.180. The molecule has 0 heterocycles. The molecule has 0 nitrogen and oxygen atoms in total. The lowest BCUT2D eigenvalue weighted by molar-refractivity contribution is 0.898. The summed E-state index contributed by atoms with van der Waals surface area (Å²) in [6.45, 7) is 16.0. The van der Waals surface area contributed by atoms with Gasteiger partial charge in [0.25, 0.3) is 0 Å². The molecule has 0 radical (unpaired) electrons. The van der Waals surface area contributed by atoms with Crippen LogP contribution < -0.4 is 0 Å². The van der Waals surface area contributed by atoms with Crippen LogP contribution in [0.4, 0.5) is 0 Å². The van der Waals surface area contributed by atoms with Crippen molar-refractivity contribution in [2.24, 2.45) is 0 Å². The Morgan fingerprint density at radius 3 is 1.50 bits per heavy atom. The highest BCUT2D eigenvalue weighted by Gasteiger charge is 1.95. The van der Waals surface area contributed by atoms with E-state index in [0.717, 1.165) is 0 Å². The Kier molecular flexibility index (Phi) is 16.8. The molecule has 0 aliphatic rings. The summed E-state index contributed by atoms with van der Waals surface area (Å²) in [6, 6.07) is 0. The van der Waals surface area contributed by atoms with Gasteiger partial charge in [-0.25, -0.2) is 0 Å². The van der Waals surface area contributed by atoms with Crippen LogP contribution in [0.25, 0.3) is 0 Å². The number of hydrogen-bond donors (Lipinski definition) is 0. The summed E-state index contributed by atoms with van der Waals surface area (Å²) < 4.78 is 0. The van der Waals surface area contributed by atoms with E-state index in [-0.39, 0.29) is 0 Å². The fourth-order valence-corrected chi connectivity index (χ4v) is 5.48. The molecule has 0 saturated carbocycles. The van der Waals surface area contributed by atoms with E-state index in [1.165, 1.54) is 76.7 Å². The normalized spacial score (nSPS) is 13.9. The van der Waals surface area contributed by atoms with Gasteiger partial charge in [0.15, 0.2) is 0 Å². The standard InChI is InChI=1S/C24H44P2/c1-21(2)12-8-13-22(3)14-9-15-23(4)16-10-17-24(5)18-11-19-25-20-26(6)7/h12,14,16,18,25H,8-11,13,15,17,19-20H2,1-7H3/b22-14+,23-16+,24-18+. The molecular weight excluding hydrogens is 350 g/mol. The second kappa shape index (κ2) is 17.0. The summed E-state index contributed by atoms with van der Waals surface area (Å²) in [5.74, 6) is 1.47. The van der Waals surface area contributed by atoms with Gasteiger partial charge in [-0.05, 0) is 105 Å². The lowest BCUT2D eigenvalue weighted by Gasteiger charge is -2.04. The first-order valence-electron chi connectivity index (χ1n) is 10.3. The van der Waals surface area contributed by atoms with Crippen LogP contribution in [0.2, 0.25) is 0 Å². The van der Waals surface area contributed by atoms with E-state index in [4.69, 9.17) is 0 Å². The van der Waals surface area contributed by atoms with E-state index in [2.05, 4.69) is 72.3 Å². The molecule has 0 aromatic rings. The fraction of sp³-hybridized carbons (Fsp3) is 0.667. The van der Waals surface area contributed by atoms with Crippen LogP contribution in [0, 0.1) is 0 Å². The van der Waals surface area contributed by atoms with Crippen LogP contribution in [-0.4, -0.2) is 25.4 Å². The molecular formula is C24H44P2. The minimum atomic E-state index is 0.312. The zero-order valence-corrected chi connectivity index (χ0v) is 20.5. The smallest absolute Gasteiger partial charge is 0.0153 e. The molecule has 0 aromatic heterocycles. The van der Waals surface area contributed by atoms with Gasteiger partial charge in [0, 0.05) is 0 Å². The summed E-state index contributed by atoms with van der Waals surface area (Å²) in [5.41, 5.74) is 6.09. The van der Waals surface area contributed by atoms with Crippen LogP contribution in [-0.2, 0) is 0 Å². The Morgan fingerprint density at radius 2 is 1.08 bits per heavy atom.